The molecule has 7 nitrogen and oxygen atoms in total. The third-order valence-corrected chi connectivity index (χ3v) is 4.85. The summed E-state index contributed by atoms with van der Waals surface area (Å²) in [5, 5.41) is 42.0. The molecule has 7 heteroatoms. The van der Waals surface area contributed by atoms with Gasteiger partial charge in [0.05, 0.1) is 18.8 Å². The molecule has 3 rings (SSSR count). The number of hydrogen-bond acceptors (Lipinski definition) is 6. The summed E-state index contributed by atoms with van der Waals surface area (Å²) in [7, 11) is 0. The van der Waals surface area contributed by atoms with Crippen LogP contribution in [-0.2, 0) is 6.54 Å². The van der Waals surface area contributed by atoms with Crippen LogP contribution < -0.4 is 5.32 Å². The summed E-state index contributed by atoms with van der Waals surface area (Å²) in [5.74, 6) is -0.194. The third kappa shape index (κ3) is 4.52. The van der Waals surface area contributed by atoms with Crippen LogP contribution >= 0.6 is 0 Å². The number of likely N-dealkylation sites (tertiary alicyclic amines) is 1. The average molecular weight is 372 g/mol. The molecule has 0 unspecified atom stereocenters. The largest absolute Gasteiger partial charge is 0.395 e. The number of anilines is 1. The number of rotatable bonds is 5. The van der Waals surface area contributed by atoms with E-state index in [9.17, 15) is 25.2 Å². The van der Waals surface area contributed by atoms with Crippen molar-refractivity contribution in [1.82, 2.24) is 4.90 Å². The van der Waals surface area contributed by atoms with Crippen molar-refractivity contribution >= 4 is 11.6 Å². The van der Waals surface area contributed by atoms with Gasteiger partial charge in [-0.25, -0.2) is 0 Å². The predicted molar refractivity (Wildman–Crippen MR) is 100 cm³/mol. The number of piperidine rings is 1. The third-order valence-electron chi connectivity index (χ3n) is 4.85. The Morgan fingerprint density at radius 1 is 1.00 bits per heavy atom. The minimum atomic E-state index is -1.27. The molecule has 0 saturated carbocycles. The lowest BCUT2D eigenvalue weighted by molar-refractivity contribution is -0.147. The number of benzene rings is 2. The Morgan fingerprint density at radius 3 is 2.30 bits per heavy atom. The van der Waals surface area contributed by atoms with E-state index in [0.717, 1.165) is 5.56 Å². The summed E-state index contributed by atoms with van der Waals surface area (Å²) in [4.78, 5) is 13.9. The SMILES string of the molecule is O=C(Nc1ccc(CN2C[C@H](O)[C@@H](O)[C@H](O)[C@@H]2CO)cc1)c1ccccc1. The van der Waals surface area contributed by atoms with Gasteiger partial charge in [-0.3, -0.25) is 9.69 Å². The number of aliphatic hydroxyl groups excluding tert-OH is 4. The summed E-state index contributed by atoms with van der Waals surface area (Å²) in [6.07, 6.45) is -3.57. The topological polar surface area (TPSA) is 113 Å². The molecule has 0 bridgehead atoms. The van der Waals surface area contributed by atoms with Crippen molar-refractivity contribution in [1.29, 1.82) is 0 Å². The number of amides is 1. The van der Waals surface area contributed by atoms with Crippen LogP contribution in [0.3, 0.4) is 0 Å². The van der Waals surface area contributed by atoms with Crippen LogP contribution in [0.15, 0.2) is 54.6 Å². The first kappa shape index (κ1) is 19.5. The summed E-state index contributed by atoms with van der Waals surface area (Å²) in [6, 6.07) is 15.5. The molecule has 0 spiro atoms. The summed E-state index contributed by atoms with van der Waals surface area (Å²) >= 11 is 0. The van der Waals surface area contributed by atoms with Crippen LogP contribution in [0.5, 0.6) is 0 Å². The quantitative estimate of drug-likeness (QED) is 0.512. The van der Waals surface area contributed by atoms with Gasteiger partial charge < -0.3 is 25.7 Å². The van der Waals surface area contributed by atoms with Crippen LogP contribution in [0.1, 0.15) is 15.9 Å². The van der Waals surface area contributed by atoms with E-state index in [1.54, 1.807) is 41.3 Å². The maximum atomic E-state index is 12.2. The molecule has 2 aromatic carbocycles. The second kappa shape index (κ2) is 8.60. The first-order valence-corrected chi connectivity index (χ1v) is 8.84. The Morgan fingerprint density at radius 2 is 1.67 bits per heavy atom. The summed E-state index contributed by atoms with van der Waals surface area (Å²) in [6.45, 7) is 0.213. The number of aliphatic hydroxyl groups is 4. The molecular weight excluding hydrogens is 348 g/mol. The highest BCUT2D eigenvalue weighted by Gasteiger charge is 2.40. The highest BCUT2D eigenvalue weighted by molar-refractivity contribution is 6.04. The van der Waals surface area contributed by atoms with Gasteiger partial charge >= 0.3 is 0 Å². The van der Waals surface area contributed by atoms with Gasteiger partial charge in [0.1, 0.15) is 12.2 Å². The molecule has 27 heavy (non-hydrogen) atoms. The Hall–Kier alpha value is -2.29. The van der Waals surface area contributed by atoms with Gasteiger partial charge in [-0.05, 0) is 29.8 Å². The number of β-amino-alcohol motifs (C(OH)–C–C–N with tert-alkyl or cyclic N) is 1. The van der Waals surface area contributed by atoms with E-state index in [-0.39, 0.29) is 19.1 Å². The van der Waals surface area contributed by atoms with Crippen LogP contribution in [0.25, 0.3) is 0 Å². The molecule has 0 aromatic heterocycles. The smallest absolute Gasteiger partial charge is 0.255 e. The molecule has 1 amide bonds. The van der Waals surface area contributed by atoms with Crippen molar-refractivity contribution in [2.24, 2.45) is 0 Å². The maximum Gasteiger partial charge on any atom is 0.255 e. The fourth-order valence-electron chi connectivity index (χ4n) is 3.28. The lowest BCUT2D eigenvalue weighted by Crippen LogP contribution is -2.62. The second-order valence-corrected chi connectivity index (χ2v) is 6.74. The first-order chi connectivity index (χ1) is 13.0. The van der Waals surface area contributed by atoms with Gasteiger partial charge in [-0.15, -0.1) is 0 Å². The van der Waals surface area contributed by atoms with Gasteiger partial charge in [-0.2, -0.15) is 0 Å². The molecule has 1 aliphatic rings. The van der Waals surface area contributed by atoms with E-state index in [1.165, 1.54) is 0 Å². The van der Waals surface area contributed by atoms with Crippen molar-refractivity contribution < 1.29 is 25.2 Å². The van der Waals surface area contributed by atoms with Crippen molar-refractivity contribution in [3.8, 4) is 0 Å². The van der Waals surface area contributed by atoms with E-state index >= 15 is 0 Å². The van der Waals surface area contributed by atoms with Gasteiger partial charge in [0.2, 0.25) is 0 Å². The first-order valence-electron chi connectivity index (χ1n) is 8.84. The zero-order valence-corrected chi connectivity index (χ0v) is 14.8. The van der Waals surface area contributed by atoms with Crippen molar-refractivity contribution in [2.45, 2.75) is 30.9 Å². The van der Waals surface area contributed by atoms with Crippen LogP contribution in [0.4, 0.5) is 5.69 Å². The van der Waals surface area contributed by atoms with Crippen LogP contribution in [0.2, 0.25) is 0 Å². The summed E-state index contributed by atoms with van der Waals surface area (Å²) < 4.78 is 0. The van der Waals surface area contributed by atoms with E-state index in [4.69, 9.17) is 0 Å². The molecule has 144 valence electrons. The average Bonchev–Trinajstić information content (AvgIpc) is 2.68. The molecule has 0 radical (unpaired) electrons. The highest BCUT2D eigenvalue weighted by Crippen LogP contribution is 2.22. The summed E-state index contributed by atoms with van der Waals surface area (Å²) in [5.41, 5.74) is 2.12. The molecule has 1 fully saturated rings. The minimum absolute atomic E-state index is 0.149. The lowest BCUT2D eigenvalue weighted by Gasteiger charge is -2.43. The minimum Gasteiger partial charge on any atom is -0.395 e. The van der Waals surface area contributed by atoms with Gasteiger partial charge in [-0.1, -0.05) is 30.3 Å². The number of carbonyl (C=O) groups is 1. The molecule has 5 N–H and O–H groups in total. The van der Waals surface area contributed by atoms with E-state index in [0.29, 0.717) is 17.8 Å². The predicted octanol–water partition coefficient (Wildman–Crippen LogP) is 0.198. The molecule has 0 aliphatic carbocycles. The van der Waals surface area contributed by atoms with Crippen molar-refractivity contribution in [3.05, 3.63) is 65.7 Å². The molecular formula is C20H24N2O5. The molecule has 2 aromatic rings. The zero-order chi connectivity index (χ0) is 19.4. The Kier molecular flexibility index (Phi) is 6.20. The number of nitrogens with zero attached hydrogens (tertiary/aromatic N) is 1. The van der Waals surface area contributed by atoms with E-state index in [2.05, 4.69) is 5.32 Å². The highest BCUT2D eigenvalue weighted by atomic mass is 16.4. The normalized spacial score (nSPS) is 25.9. The maximum absolute atomic E-state index is 12.2. The standard InChI is InChI=1S/C20H24N2O5/c23-12-16-18(25)19(26)17(24)11-22(16)10-13-6-8-15(9-7-13)21-20(27)14-4-2-1-3-5-14/h1-9,16-19,23-26H,10-12H2,(H,21,27)/t16-,17-,18+,19+/m0/s1. The number of hydrogen-bond donors (Lipinski definition) is 5. The fourth-order valence-corrected chi connectivity index (χ4v) is 3.28. The molecule has 4 atom stereocenters. The van der Waals surface area contributed by atoms with Gasteiger partial charge in [0.25, 0.3) is 5.91 Å². The van der Waals surface area contributed by atoms with Crippen molar-refractivity contribution in [3.63, 3.8) is 0 Å². The lowest BCUT2D eigenvalue weighted by atomic mass is 9.93. The Balaban J connectivity index is 1.64. The molecule has 1 aliphatic heterocycles. The number of carbonyl (C=O) groups excluding carboxylic acids is 1. The molecule has 1 saturated heterocycles. The zero-order valence-electron chi connectivity index (χ0n) is 14.8. The molecule has 1 heterocycles. The van der Waals surface area contributed by atoms with E-state index < -0.39 is 24.4 Å². The number of nitrogens with one attached hydrogen (secondary N) is 1. The van der Waals surface area contributed by atoms with E-state index in [1.807, 2.05) is 18.2 Å². The fraction of sp³-hybridized carbons (Fsp3) is 0.350. The van der Waals surface area contributed by atoms with Gasteiger partial charge in [0, 0.05) is 24.3 Å². The van der Waals surface area contributed by atoms with Crippen LogP contribution in [-0.4, -0.2) is 68.7 Å². The van der Waals surface area contributed by atoms with Gasteiger partial charge in [0.15, 0.2) is 0 Å². The van der Waals surface area contributed by atoms with Crippen molar-refractivity contribution in [2.75, 3.05) is 18.5 Å². The second-order valence-electron chi connectivity index (χ2n) is 6.74. The Labute approximate surface area is 157 Å². The monoisotopic (exact) mass is 372 g/mol. The van der Waals surface area contributed by atoms with Crippen LogP contribution in [0, 0.1) is 0 Å². The Bertz CT molecular complexity index is 753.